The molecule has 1 aliphatic rings. The second-order valence-corrected chi connectivity index (χ2v) is 5.11. The monoisotopic (exact) mass is 285 g/mol. The highest BCUT2D eigenvalue weighted by molar-refractivity contribution is 9.10. The summed E-state index contributed by atoms with van der Waals surface area (Å²) in [5.74, 6) is 0.326. The number of phenolic OH excluding ortho intramolecular Hbond substituents is 1. The Bertz CT molecular complexity index is 366. The molecule has 1 aromatic rings. The number of rotatable bonds is 5. The van der Waals surface area contributed by atoms with Gasteiger partial charge >= 0.3 is 0 Å². The van der Waals surface area contributed by atoms with Gasteiger partial charge in [0.2, 0.25) is 0 Å². The molecule has 0 atom stereocenters. The minimum Gasteiger partial charge on any atom is -0.508 e. The van der Waals surface area contributed by atoms with Gasteiger partial charge in [-0.3, -0.25) is 4.90 Å². The maximum atomic E-state index is 9.74. The number of halogens is 1. The lowest BCUT2D eigenvalue weighted by molar-refractivity contribution is 0.182. The van der Waals surface area contributed by atoms with E-state index in [-0.39, 0.29) is 6.61 Å². The maximum Gasteiger partial charge on any atom is 0.120 e. The van der Waals surface area contributed by atoms with E-state index in [0.29, 0.717) is 24.9 Å². The summed E-state index contributed by atoms with van der Waals surface area (Å²) < 4.78 is 0.972. The lowest BCUT2D eigenvalue weighted by atomic mass is 10.2. The van der Waals surface area contributed by atoms with Crippen LogP contribution in [0.25, 0.3) is 0 Å². The van der Waals surface area contributed by atoms with Gasteiger partial charge in [0, 0.05) is 29.2 Å². The van der Waals surface area contributed by atoms with Gasteiger partial charge in [-0.25, -0.2) is 0 Å². The van der Waals surface area contributed by atoms with Crippen LogP contribution in [0.4, 0.5) is 0 Å². The molecule has 1 aromatic carbocycles. The first kappa shape index (κ1) is 11.9. The van der Waals surface area contributed by atoms with Crippen molar-refractivity contribution < 1.29 is 10.2 Å². The van der Waals surface area contributed by atoms with E-state index in [1.165, 1.54) is 12.8 Å². The summed E-state index contributed by atoms with van der Waals surface area (Å²) in [6.07, 6.45) is 2.41. The van der Waals surface area contributed by atoms with Crippen molar-refractivity contribution in [2.75, 3.05) is 13.2 Å². The Morgan fingerprint density at radius 1 is 1.38 bits per heavy atom. The summed E-state index contributed by atoms with van der Waals surface area (Å²) in [5.41, 5.74) is 0.912. The SMILES string of the molecule is OCCN(Cc1cc(Br)ccc1O)C1CC1. The number of nitrogens with zero attached hydrogens (tertiary/aromatic N) is 1. The predicted molar refractivity (Wildman–Crippen MR) is 66.3 cm³/mol. The van der Waals surface area contributed by atoms with Crippen LogP contribution in [0.3, 0.4) is 0 Å². The van der Waals surface area contributed by atoms with Crippen LogP contribution < -0.4 is 0 Å². The second-order valence-electron chi connectivity index (χ2n) is 4.20. The lowest BCUT2D eigenvalue weighted by Crippen LogP contribution is -2.28. The van der Waals surface area contributed by atoms with Gasteiger partial charge in [-0.05, 0) is 31.0 Å². The molecule has 0 spiro atoms. The van der Waals surface area contributed by atoms with Crippen molar-refractivity contribution in [2.24, 2.45) is 0 Å². The smallest absolute Gasteiger partial charge is 0.120 e. The molecule has 16 heavy (non-hydrogen) atoms. The van der Waals surface area contributed by atoms with E-state index in [0.717, 1.165) is 10.0 Å². The van der Waals surface area contributed by atoms with Gasteiger partial charge in [-0.1, -0.05) is 15.9 Å². The van der Waals surface area contributed by atoms with Crippen LogP contribution in [-0.4, -0.2) is 34.3 Å². The first-order valence-electron chi connectivity index (χ1n) is 5.53. The summed E-state index contributed by atoms with van der Waals surface area (Å²) in [4.78, 5) is 2.22. The topological polar surface area (TPSA) is 43.7 Å². The Labute approximate surface area is 104 Å². The normalized spacial score (nSPS) is 15.7. The molecule has 0 radical (unpaired) electrons. The molecule has 0 saturated heterocycles. The number of aromatic hydroxyl groups is 1. The third kappa shape index (κ3) is 2.97. The number of phenols is 1. The molecule has 88 valence electrons. The van der Waals surface area contributed by atoms with Crippen LogP contribution in [0.1, 0.15) is 18.4 Å². The first-order valence-corrected chi connectivity index (χ1v) is 6.32. The zero-order valence-corrected chi connectivity index (χ0v) is 10.7. The molecule has 1 aliphatic carbocycles. The molecule has 2 rings (SSSR count). The number of hydrogen-bond donors (Lipinski definition) is 2. The quantitative estimate of drug-likeness (QED) is 0.871. The zero-order chi connectivity index (χ0) is 11.5. The van der Waals surface area contributed by atoms with E-state index in [4.69, 9.17) is 5.11 Å². The molecule has 0 aromatic heterocycles. The van der Waals surface area contributed by atoms with Gasteiger partial charge in [0.25, 0.3) is 0 Å². The highest BCUT2D eigenvalue weighted by Gasteiger charge is 2.28. The Hall–Kier alpha value is -0.580. The van der Waals surface area contributed by atoms with Gasteiger partial charge in [0.1, 0.15) is 5.75 Å². The fourth-order valence-corrected chi connectivity index (χ4v) is 2.27. The number of aliphatic hydroxyl groups is 1. The van der Waals surface area contributed by atoms with E-state index in [1.54, 1.807) is 6.07 Å². The molecule has 1 saturated carbocycles. The van der Waals surface area contributed by atoms with E-state index in [9.17, 15) is 5.11 Å². The fourth-order valence-electron chi connectivity index (χ4n) is 1.86. The Balaban J connectivity index is 2.08. The Kier molecular flexibility index (Phi) is 3.84. The fraction of sp³-hybridized carbons (Fsp3) is 0.500. The molecule has 0 bridgehead atoms. The largest absolute Gasteiger partial charge is 0.508 e. The third-order valence-electron chi connectivity index (χ3n) is 2.87. The maximum absolute atomic E-state index is 9.74. The van der Waals surface area contributed by atoms with Gasteiger partial charge in [-0.2, -0.15) is 0 Å². The van der Waals surface area contributed by atoms with Crippen LogP contribution in [0, 0.1) is 0 Å². The molecule has 2 N–H and O–H groups in total. The Morgan fingerprint density at radius 2 is 2.12 bits per heavy atom. The van der Waals surface area contributed by atoms with E-state index in [2.05, 4.69) is 20.8 Å². The van der Waals surface area contributed by atoms with Crippen molar-refractivity contribution in [1.29, 1.82) is 0 Å². The summed E-state index contributed by atoms with van der Waals surface area (Å²) in [6.45, 7) is 1.55. The van der Waals surface area contributed by atoms with Gasteiger partial charge in [0.15, 0.2) is 0 Å². The van der Waals surface area contributed by atoms with Crippen molar-refractivity contribution >= 4 is 15.9 Å². The van der Waals surface area contributed by atoms with Crippen molar-refractivity contribution in [3.63, 3.8) is 0 Å². The van der Waals surface area contributed by atoms with Crippen LogP contribution in [-0.2, 0) is 6.54 Å². The van der Waals surface area contributed by atoms with Crippen LogP contribution in [0.2, 0.25) is 0 Å². The van der Waals surface area contributed by atoms with Crippen molar-refractivity contribution in [2.45, 2.75) is 25.4 Å². The number of benzene rings is 1. The van der Waals surface area contributed by atoms with Crippen molar-refractivity contribution in [1.82, 2.24) is 4.90 Å². The molecule has 0 aliphatic heterocycles. The van der Waals surface area contributed by atoms with Gasteiger partial charge in [0.05, 0.1) is 6.61 Å². The van der Waals surface area contributed by atoms with Crippen LogP contribution in [0.5, 0.6) is 5.75 Å². The number of aliphatic hydroxyl groups excluding tert-OH is 1. The van der Waals surface area contributed by atoms with E-state index >= 15 is 0 Å². The minimum absolute atomic E-state index is 0.172. The molecule has 1 fully saturated rings. The van der Waals surface area contributed by atoms with Crippen LogP contribution >= 0.6 is 15.9 Å². The highest BCUT2D eigenvalue weighted by atomic mass is 79.9. The van der Waals surface area contributed by atoms with Gasteiger partial charge in [-0.15, -0.1) is 0 Å². The lowest BCUT2D eigenvalue weighted by Gasteiger charge is -2.21. The van der Waals surface area contributed by atoms with Crippen LogP contribution in [0.15, 0.2) is 22.7 Å². The molecular formula is C12H16BrNO2. The highest BCUT2D eigenvalue weighted by Crippen LogP contribution is 2.30. The summed E-state index contributed by atoms with van der Waals surface area (Å²) in [6, 6.07) is 6.04. The Morgan fingerprint density at radius 3 is 2.75 bits per heavy atom. The third-order valence-corrected chi connectivity index (χ3v) is 3.36. The molecular weight excluding hydrogens is 270 g/mol. The molecule has 3 nitrogen and oxygen atoms in total. The van der Waals surface area contributed by atoms with Crippen molar-refractivity contribution in [3.8, 4) is 5.75 Å². The first-order chi connectivity index (χ1) is 7.70. The van der Waals surface area contributed by atoms with E-state index < -0.39 is 0 Å². The molecule has 0 unspecified atom stereocenters. The molecule has 0 heterocycles. The number of hydrogen-bond acceptors (Lipinski definition) is 3. The van der Waals surface area contributed by atoms with E-state index in [1.807, 2.05) is 12.1 Å². The molecule has 0 amide bonds. The zero-order valence-electron chi connectivity index (χ0n) is 9.06. The average molecular weight is 286 g/mol. The minimum atomic E-state index is 0.172. The van der Waals surface area contributed by atoms with Crippen molar-refractivity contribution in [3.05, 3.63) is 28.2 Å². The predicted octanol–water partition coefficient (Wildman–Crippen LogP) is 2.11. The standard InChI is InChI=1S/C12H16BrNO2/c13-10-1-4-12(16)9(7-10)8-14(5-6-15)11-2-3-11/h1,4,7,11,15-16H,2-3,5-6,8H2. The second kappa shape index (κ2) is 5.17. The van der Waals surface area contributed by atoms with Gasteiger partial charge < -0.3 is 10.2 Å². The summed E-state index contributed by atoms with van der Waals surface area (Å²) >= 11 is 3.40. The summed E-state index contributed by atoms with van der Waals surface area (Å²) in [7, 11) is 0. The molecule has 4 heteroatoms. The average Bonchev–Trinajstić information content (AvgIpc) is 3.06. The summed E-state index contributed by atoms with van der Waals surface area (Å²) in [5, 5.41) is 18.7.